The van der Waals surface area contributed by atoms with Gasteiger partial charge in [0.15, 0.2) is 5.82 Å². The molecule has 0 amide bonds. The standard InChI is InChI=1S/C17H17N5O3/c1-8-11-12(9-5-4-6-10(23)7-9)13-15(18-14(11)20-19-8)21(2)17(25)22(3)16(13)24/h4-7,12,23H,1-3H3,(H2,18,19,20)/t12-/m0/s1. The Morgan fingerprint density at radius 1 is 1.16 bits per heavy atom. The normalized spacial score (nSPS) is 15.4. The minimum absolute atomic E-state index is 0.113. The van der Waals surface area contributed by atoms with Gasteiger partial charge in [-0.3, -0.25) is 19.0 Å². The van der Waals surface area contributed by atoms with Crippen molar-refractivity contribution >= 4 is 11.6 Å². The molecule has 0 saturated carbocycles. The molecule has 3 N–H and O–H groups in total. The van der Waals surface area contributed by atoms with Crippen molar-refractivity contribution in [1.82, 2.24) is 19.3 Å². The zero-order valence-electron chi connectivity index (χ0n) is 14.0. The van der Waals surface area contributed by atoms with Crippen molar-refractivity contribution in [2.75, 3.05) is 5.32 Å². The molecule has 1 atom stereocenters. The van der Waals surface area contributed by atoms with Crippen molar-refractivity contribution in [3.8, 4) is 5.75 Å². The number of aryl methyl sites for hydroxylation is 1. The number of aromatic amines is 1. The second-order valence-electron chi connectivity index (χ2n) is 6.23. The van der Waals surface area contributed by atoms with Crippen LogP contribution in [-0.4, -0.2) is 24.4 Å². The summed E-state index contributed by atoms with van der Waals surface area (Å²) in [6.07, 6.45) is 0. The Hall–Kier alpha value is -3.29. The van der Waals surface area contributed by atoms with Gasteiger partial charge >= 0.3 is 5.69 Å². The summed E-state index contributed by atoms with van der Waals surface area (Å²) in [7, 11) is 3.07. The van der Waals surface area contributed by atoms with Crippen LogP contribution in [0.3, 0.4) is 0 Å². The maximum atomic E-state index is 12.9. The maximum absolute atomic E-state index is 12.9. The average Bonchev–Trinajstić information content (AvgIpc) is 2.97. The number of phenols is 1. The summed E-state index contributed by atoms with van der Waals surface area (Å²) in [4.78, 5) is 25.2. The topological polar surface area (TPSA) is 105 Å². The fourth-order valence-electron chi connectivity index (χ4n) is 3.46. The van der Waals surface area contributed by atoms with Crippen LogP contribution in [0.15, 0.2) is 33.9 Å². The Morgan fingerprint density at radius 2 is 1.92 bits per heavy atom. The molecule has 0 saturated heterocycles. The Balaban J connectivity index is 2.13. The lowest BCUT2D eigenvalue weighted by atomic mass is 9.83. The first-order valence-corrected chi connectivity index (χ1v) is 7.81. The molecule has 8 heteroatoms. The van der Waals surface area contributed by atoms with E-state index >= 15 is 0 Å². The van der Waals surface area contributed by atoms with Crippen LogP contribution in [0.4, 0.5) is 11.6 Å². The quantitative estimate of drug-likeness (QED) is 0.481. The summed E-state index contributed by atoms with van der Waals surface area (Å²) in [5, 5.41) is 20.2. The maximum Gasteiger partial charge on any atom is 0.332 e. The number of phenolic OH excluding ortho intramolecular Hbond substituents is 1. The van der Waals surface area contributed by atoms with Gasteiger partial charge in [-0.2, -0.15) is 5.10 Å². The second kappa shape index (κ2) is 5.10. The number of benzene rings is 1. The van der Waals surface area contributed by atoms with Crippen LogP contribution in [0.5, 0.6) is 5.75 Å². The van der Waals surface area contributed by atoms with E-state index in [0.717, 1.165) is 21.4 Å². The number of rotatable bonds is 1. The lowest BCUT2D eigenvalue weighted by molar-refractivity contribution is 0.474. The van der Waals surface area contributed by atoms with E-state index in [1.807, 2.05) is 13.0 Å². The fraction of sp³-hybridized carbons (Fsp3) is 0.235. The first-order chi connectivity index (χ1) is 11.9. The van der Waals surface area contributed by atoms with Gasteiger partial charge in [-0.25, -0.2) is 4.79 Å². The van der Waals surface area contributed by atoms with Gasteiger partial charge in [0, 0.05) is 31.3 Å². The molecule has 0 aliphatic carbocycles. The van der Waals surface area contributed by atoms with Crippen LogP contribution in [0.1, 0.15) is 28.3 Å². The van der Waals surface area contributed by atoms with Crippen LogP contribution >= 0.6 is 0 Å². The predicted octanol–water partition coefficient (Wildman–Crippen LogP) is 1.06. The van der Waals surface area contributed by atoms with E-state index in [9.17, 15) is 14.7 Å². The molecule has 3 aromatic rings. The molecule has 8 nitrogen and oxygen atoms in total. The van der Waals surface area contributed by atoms with Gasteiger partial charge in [0.25, 0.3) is 5.56 Å². The molecule has 25 heavy (non-hydrogen) atoms. The third-order valence-electron chi connectivity index (χ3n) is 4.71. The summed E-state index contributed by atoms with van der Waals surface area (Å²) >= 11 is 0. The Morgan fingerprint density at radius 3 is 2.64 bits per heavy atom. The van der Waals surface area contributed by atoms with Gasteiger partial charge in [0.2, 0.25) is 0 Å². The molecule has 0 radical (unpaired) electrons. The summed E-state index contributed by atoms with van der Waals surface area (Å²) in [6, 6.07) is 6.78. The van der Waals surface area contributed by atoms with Crippen LogP contribution in [-0.2, 0) is 14.1 Å². The highest BCUT2D eigenvalue weighted by atomic mass is 16.3. The molecule has 3 heterocycles. The first kappa shape index (κ1) is 15.3. The minimum atomic E-state index is -0.442. The number of anilines is 2. The van der Waals surface area contributed by atoms with E-state index in [4.69, 9.17) is 0 Å². The molecular weight excluding hydrogens is 322 g/mol. The Kier molecular flexibility index (Phi) is 3.11. The number of nitrogens with one attached hydrogen (secondary N) is 2. The molecule has 128 valence electrons. The summed E-state index contributed by atoms with van der Waals surface area (Å²) in [6.45, 7) is 1.88. The van der Waals surface area contributed by atoms with Crippen LogP contribution < -0.4 is 16.6 Å². The highest BCUT2D eigenvalue weighted by molar-refractivity contribution is 5.71. The van der Waals surface area contributed by atoms with Crippen LogP contribution in [0, 0.1) is 6.92 Å². The third kappa shape index (κ3) is 2.03. The number of aromatic nitrogens is 4. The molecule has 1 aliphatic heterocycles. The zero-order chi connectivity index (χ0) is 17.9. The van der Waals surface area contributed by atoms with E-state index in [2.05, 4.69) is 15.5 Å². The lowest BCUT2D eigenvalue weighted by Gasteiger charge is -2.28. The number of hydrogen-bond donors (Lipinski definition) is 3. The summed E-state index contributed by atoms with van der Waals surface area (Å²) < 4.78 is 2.50. The largest absolute Gasteiger partial charge is 0.508 e. The number of aromatic hydroxyl groups is 1. The molecule has 0 bridgehead atoms. The highest BCUT2D eigenvalue weighted by Crippen LogP contribution is 2.43. The van der Waals surface area contributed by atoms with Crippen molar-refractivity contribution in [3.63, 3.8) is 0 Å². The van der Waals surface area contributed by atoms with Crippen molar-refractivity contribution in [2.24, 2.45) is 14.1 Å². The molecule has 2 aromatic heterocycles. The van der Waals surface area contributed by atoms with Crippen molar-refractivity contribution in [2.45, 2.75) is 12.8 Å². The van der Waals surface area contributed by atoms with E-state index in [-0.39, 0.29) is 11.3 Å². The number of H-pyrrole nitrogens is 1. The van der Waals surface area contributed by atoms with Gasteiger partial charge in [-0.1, -0.05) is 12.1 Å². The van der Waals surface area contributed by atoms with E-state index in [1.165, 1.54) is 11.6 Å². The van der Waals surface area contributed by atoms with E-state index in [0.29, 0.717) is 17.2 Å². The summed E-state index contributed by atoms with van der Waals surface area (Å²) in [5.41, 5.74) is 2.06. The fourth-order valence-corrected chi connectivity index (χ4v) is 3.46. The van der Waals surface area contributed by atoms with E-state index < -0.39 is 11.6 Å². The molecule has 0 spiro atoms. The van der Waals surface area contributed by atoms with E-state index in [1.54, 1.807) is 25.2 Å². The smallest absolute Gasteiger partial charge is 0.332 e. The monoisotopic (exact) mass is 339 g/mol. The SMILES string of the molecule is Cc1[nH]nc2c1[C@H](c1cccc(O)c1)c1c(n(C)c(=O)n(C)c1=O)N2. The molecule has 1 aliphatic rings. The third-order valence-corrected chi connectivity index (χ3v) is 4.71. The molecule has 0 fully saturated rings. The van der Waals surface area contributed by atoms with Gasteiger partial charge in [0.1, 0.15) is 11.6 Å². The Labute approximate surface area is 142 Å². The molecule has 1 aromatic carbocycles. The average molecular weight is 339 g/mol. The van der Waals surface area contributed by atoms with Crippen LogP contribution in [0.2, 0.25) is 0 Å². The number of fused-ring (bicyclic) bond motifs is 2. The van der Waals surface area contributed by atoms with Gasteiger partial charge in [-0.05, 0) is 24.6 Å². The molecule has 4 rings (SSSR count). The van der Waals surface area contributed by atoms with Crippen molar-refractivity contribution < 1.29 is 5.11 Å². The molecular formula is C17H17N5O3. The first-order valence-electron chi connectivity index (χ1n) is 7.81. The Bertz CT molecular complexity index is 1120. The zero-order valence-corrected chi connectivity index (χ0v) is 14.0. The van der Waals surface area contributed by atoms with Gasteiger partial charge in [0.05, 0.1) is 5.56 Å². The minimum Gasteiger partial charge on any atom is -0.508 e. The number of nitrogens with zero attached hydrogens (tertiary/aromatic N) is 3. The van der Waals surface area contributed by atoms with Crippen LogP contribution in [0.25, 0.3) is 0 Å². The predicted molar refractivity (Wildman–Crippen MR) is 92.6 cm³/mol. The van der Waals surface area contributed by atoms with Gasteiger partial charge < -0.3 is 10.4 Å². The number of hydrogen-bond acceptors (Lipinski definition) is 5. The van der Waals surface area contributed by atoms with Crippen molar-refractivity contribution in [3.05, 3.63) is 67.5 Å². The van der Waals surface area contributed by atoms with Crippen molar-refractivity contribution in [1.29, 1.82) is 0 Å². The molecule has 0 unspecified atom stereocenters. The lowest BCUT2D eigenvalue weighted by Crippen LogP contribution is -2.42. The van der Waals surface area contributed by atoms with Gasteiger partial charge in [-0.15, -0.1) is 0 Å². The summed E-state index contributed by atoms with van der Waals surface area (Å²) in [5.74, 6) is 0.659. The second-order valence-corrected chi connectivity index (χ2v) is 6.23. The highest BCUT2D eigenvalue weighted by Gasteiger charge is 2.35.